The molecule has 0 radical (unpaired) electrons. The van der Waals surface area contributed by atoms with Crippen LogP contribution in [0.4, 0.5) is 5.95 Å². The molecule has 0 unspecified atom stereocenters. The van der Waals surface area contributed by atoms with Gasteiger partial charge in [-0.1, -0.05) is 19.1 Å². The molecule has 1 N–H and O–H groups in total. The van der Waals surface area contributed by atoms with E-state index < -0.39 is 0 Å². The fourth-order valence-corrected chi connectivity index (χ4v) is 2.19. The van der Waals surface area contributed by atoms with E-state index >= 15 is 0 Å². The molecular weight excluding hydrogens is 214 g/mol. The van der Waals surface area contributed by atoms with Gasteiger partial charge >= 0.3 is 0 Å². The van der Waals surface area contributed by atoms with Crippen LogP contribution in [-0.4, -0.2) is 26.4 Å². The average molecular weight is 229 g/mol. The van der Waals surface area contributed by atoms with E-state index in [1.807, 2.05) is 25.2 Å². The summed E-state index contributed by atoms with van der Waals surface area (Å²) in [7, 11) is 1.89. The Morgan fingerprint density at radius 3 is 2.82 bits per heavy atom. The molecule has 0 bridgehead atoms. The van der Waals surface area contributed by atoms with Gasteiger partial charge in [-0.2, -0.15) is 0 Å². The molecule has 88 valence electrons. The van der Waals surface area contributed by atoms with Crippen molar-refractivity contribution in [1.82, 2.24) is 19.4 Å². The Morgan fingerprint density at radius 2 is 2.06 bits per heavy atom. The van der Waals surface area contributed by atoms with Crippen LogP contribution in [-0.2, 0) is 6.54 Å². The summed E-state index contributed by atoms with van der Waals surface area (Å²) in [6.45, 7) is 3.10. The van der Waals surface area contributed by atoms with E-state index in [2.05, 4.69) is 33.1 Å². The third kappa shape index (κ3) is 1.39. The van der Waals surface area contributed by atoms with Crippen molar-refractivity contribution < 1.29 is 0 Å². The Hall–Kier alpha value is -2.04. The Kier molecular flexibility index (Phi) is 2.24. The lowest BCUT2D eigenvalue weighted by molar-refractivity contribution is 0.704. The lowest BCUT2D eigenvalue weighted by atomic mass is 10.2. The molecule has 0 amide bonds. The first-order valence-electron chi connectivity index (χ1n) is 5.87. The van der Waals surface area contributed by atoms with Gasteiger partial charge in [0.15, 0.2) is 5.65 Å². The molecule has 0 aliphatic carbocycles. The van der Waals surface area contributed by atoms with Crippen LogP contribution in [0.2, 0.25) is 0 Å². The van der Waals surface area contributed by atoms with Crippen molar-refractivity contribution >= 4 is 22.5 Å². The van der Waals surface area contributed by atoms with Gasteiger partial charge in [-0.3, -0.25) is 4.57 Å². The normalized spacial score (nSPS) is 11.4. The highest BCUT2D eigenvalue weighted by molar-refractivity contribution is 5.92. The molecule has 1 aromatic carbocycles. The first kappa shape index (κ1) is 10.1. The van der Waals surface area contributed by atoms with Crippen molar-refractivity contribution in [3.8, 4) is 0 Å². The van der Waals surface area contributed by atoms with Crippen LogP contribution >= 0.6 is 0 Å². The minimum Gasteiger partial charge on any atom is -0.357 e. The van der Waals surface area contributed by atoms with Gasteiger partial charge in [0.2, 0.25) is 5.95 Å². The summed E-state index contributed by atoms with van der Waals surface area (Å²) in [5, 5.41) is 13.2. The molecule has 0 saturated carbocycles. The molecule has 3 aromatic rings. The fourth-order valence-electron chi connectivity index (χ4n) is 2.19. The van der Waals surface area contributed by atoms with Gasteiger partial charge in [0, 0.05) is 19.0 Å². The van der Waals surface area contributed by atoms with E-state index in [1.54, 1.807) is 4.63 Å². The van der Waals surface area contributed by atoms with E-state index in [1.165, 1.54) is 0 Å². The number of fused-ring (bicyclic) bond motifs is 3. The van der Waals surface area contributed by atoms with Crippen LogP contribution in [0.25, 0.3) is 16.6 Å². The summed E-state index contributed by atoms with van der Waals surface area (Å²) in [4.78, 5) is 0. The first-order chi connectivity index (χ1) is 8.35. The molecule has 0 aliphatic heterocycles. The summed E-state index contributed by atoms with van der Waals surface area (Å²) in [5.41, 5.74) is 2.05. The number of aryl methyl sites for hydroxylation is 1. The van der Waals surface area contributed by atoms with Crippen LogP contribution in [0.15, 0.2) is 24.3 Å². The zero-order valence-corrected chi connectivity index (χ0v) is 10.0. The van der Waals surface area contributed by atoms with Crippen LogP contribution < -0.4 is 5.32 Å². The summed E-state index contributed by atoms with van der Waals surface area (Å²) in [5.74, 6) is 0.861. The third-order valence-electron chi connectivity index (χ3n) is 2.91. The topological polar surface area (TPSA) is 47.2 Å². The van der Waals surface area contributed by atoms with Crippen LogP contribution in [0.3, 0.4) is 0 Å². The van der Waals surface area contributed by atoms with Gasteiger partial charge in [-0.15, -0.1) is 14.8 Å². The molecule has 0 saturated heterocycles. The molecule has 0 fully saturated rings. The van der Waals surface area contributed by atoms with Crippen molar-refractivity contribution in [3.05, 3.63) is 24.3 Å². The van der Waals surface area contributed by atoms with Gasteiger partial charge in [-0.05, 0) is 18.6 Å². The second kappa shape index (κ2) is 3.76. The number of anilines is 1. The number of aromatic nitrogens is 4. The highest BCUT2D eigenvalue weighted by atomic mass is 15.5. The number of hydrogen-bond donors (Lipinski definition) is 1. The number of hydrogen-bond acceptors (Lipinski definition) is 3. The van der Waals surface area contributed by atoms with Gasteiger partial charge in [0.05, 0.1) is 5.52 Å². The number of nitrogens with zero attached hydrogens (tertiary/aromatic N) is 4. The Labute approximate surface area is 99.0 Å². The molecule has 17 heavy (non-hydrogen) atoms. The maximum atomic E-state index is 4.47. The molecule has 2 heterocycles. The summed E-state index contributed by atoms with van der Waals surface area (Å²) in [6.07, 6.45) is 1.07. The standard InChI is InChI=1S/C12H15N5/c1-3-8-16-11-9-6-4-5-7-10(9)14-17(11)15-12(16)13-2/h4-7H,3,8H2,1-2H3,(H,13,15). The summed E-state index contributed by atoms with van der Waals surface area (Å²) >= 11 is 0. The SMILES string of the molecule is CCCn1c(NC)nn2nc3ccccc3c12. The lowest BCUT2D eigenvalue weighted by Crippen LogP contribution is -2.03. The molecule has 5 nitrogen and oxygen atoms in total. The van der Waals surface area contributed by atoms with Crippen LogP contribution in [0, 0.1) is 0 Å². The predicted octanol–water partition coefficient (Wildman–Crippen LogP) is 2.14. The molecule has 5 heteroatoms. The number of nitrogens with one attached hydrogen (secondary N) is 1. The van der Waals surface area contributed by atoms with E-state index in [9.17, 15) is 0 Å². The predicted molar refractivity (Wildman–Crippen MR) is 68.3 cm³/mol. The summed E-state index contributed by atoms with van der Waals surface area (Å²) < 4.78 is 3.89. The fraction of sp³-hybridized carbons (Fsp3) is 0.333. The smallest absolute Gasteiger partial charge is 0.224 e. The highest BCUT2D eigenvalue weighted by Crippen LogP contribution is 2.22. The van der Waals surface area contributed by atoms with Crippen molar-refractivity contribution in [2.24, 2.45) is 0 Å². The average Bonchev–Trinajstić information content (AvgIpc) is 2.86. The maximum Gasteiger partial charge on any atom is 0.224 e. The van der Waals surface area contributed by atoms with Gasteiger partial charge in [0.1, 0.15) is 0 Å². The maximum absolute atomic E-state index is 4.47. The zero-order valence-electron chi connectivity index (χ0n) is 10.0. The van der Waals surface area contributed by atoms with Crippen molar-refractivity contribution in [2.45, 2.75) is 19.9 Å². The van der Waals surface area contributed by atoms with E-state index in [-0.39, 0.29) is 0 Å². The molecule has 0 atom stereocenters. The van der Waals surface area contributed by atoms with Crippen LogP contribution in [0.1, 0.15) is 13.3 Å². The number of benzene rings is 1. The lowest BCUT2D eigenvalue weighted by Gasteiger charge is -2.04. The molecule has 0 aliphatic rings. The highest BCUT2D eigenvalue weighted by Gasteiger charge is 2.14. The molecule has 3 rings (SSSR count). The Bertz CT molecular complexity index is 664. The van der Waals surface area contributed by atoms with Crippen LogP contribution in [0.5, 0.6) is 0 Å². The Morgan fingerprint density at radius 1 is 1.24 bits per heavy atom. The van der Waals surface area contributed by atoms with E-state index in [0.717, 1.165) is 35.5 Å². The second-order valence-electron chi connectivity index (χ2n) is 4.06. The second-order valence-corrected chi connectivity index (χ2v) is 4.06. The third-order valence-corrected chi connectivity index (χ3v) is 2.91. The van der Waals surface area contributed by atoms with E-state index in [0.29, 0.717) is 0 Å². The van der Waals surface area contributed by atoms with Gasteiger partial charge in [-0.25, -0.2) is 0 Å². The van der Waals surface area contributed by atoms with Crippen molar-refractivity contribution in [2.75, 3.05) is 12.4 Å². The largest absolute Gasteiger partial charge is 0.357 e. The minimum atomic E-state index is 0.861. The minimum absolute atomic E-state index is 0.861. The summed E-state index contributed by atoms with van der Waals surface area (Å²) in [6, 6.07) is 8.13. The van der Waals surface area contributed by atoms with Gasteiger partial charge in [0.25, 0.3) is 0 Å². The van der Waals surface area contributed by atoms with E-state index in [4.69, 9.17) is 0 Å². The molecular formula is C12H15N5. The zero-order chi connectivity index (χ0) is 11.8. The quantitative estimate of drug-likeness (QED) is 0.748. The van der Waals surface area contributed by atoms with Crippen molar-refractivity contribution in [1.29, 1.82) is 0 Å². The van der Waals surface area contributed by atoms with Gasteiger partial charge < -0.3 is 5.32 Å². The van der Waals surface area contributed by atoms with Crippen molar-refractivity contribution in [3.63, 3.8) is 0 Å². The number of rotatable bonds is 3. The Balaban J connectivity index is 2.38. The monoisotopic (exact) mass is 229 g/mol. The molecule has 2 aromatic heterocycles. The molecule has 0 spiro atoms. The first-order valence-corrected chi connectivity index (χ1v) is 5.87.